The van der Waals surface area contributed by atoms with Gasteiger partial charge in [0, 0.05) is 12.7 Å². The van der Waals surface area contributed by atoms with Crippen LogP contribution in [0.15, 0.2) is 6.20 Å². The Bertz CT molecular complexity index is 424. The number of hydrogen-bond acceptors (Lipinski definition) is 5. The molecule has 7 heteroatoms. The van der Waals surface area contributed by atoms with E-state index in [-0.39, 0.29) is 30.1 Å². The molecule has 0 bridgehead atoms. The second kappa shape index (κ2) is 5.53. The molecule has 94 valence electrons. The van der Waals surface area contributed by atoms with Crippen LogP contribution >= 0.6 is 0 Å². The van der Waals surface area contributed by atoms with Gasteiger partial charge >= 0.3 is 5.97 Å². The van der Waals surface area contributed by atoms with Gasteiger partial charge in [-0.05, 0) is 6.92 Å². The predicted molar refractivity (Wildman–Crippen MR) is 57.5 cm³/mol. The molecule has 0 spiro atoms. The maximum Gasteiger partial charge on any atom is 0.340 e. The highest BCUT2D eigenvalue weighted by molar-refractivity contribution is 5.92. The number of halogens is 2. The zero-order chi connectivity index (χ0) is 13.0. The molecule has 0 aliphatic heterocycles. The van der Waals surface area contributed by atoms with E-state index in [0.29, 0.717) is 0 Å². The van der Waals surface area contributed by atoms with Gasteiger partial charge in [0.1, 0.15) is 0 Å². The van der Waals surface area contributed by atoms with Crippen LogP contribution in [0.3, 0.4) is 0 Å². The number of rotatable bonds is 4. The minimum atomic E-state index is -2.89. The molecular weight excluding hydrogens is 232 g/mol. The van der Waals surface area contributed by atoms with Gasteiger partial charge in [-0.15, -0.1) is 0 Å². The number of carbonyl (C=O) groups is 1. The molecule has 0 fully saturated rings. The first-order chi connectivity index (χ1) is 8.02. The topological polar surface area (TPSA) is 91.2 Å². The highest BCUT2D eigenvalue weighted by atomic mass is 19.3. The molecule has 17 heavy (non-hydrogen) atoms. The van der Waals surface area contributed by atoms with Crippen LogP contribution in [0.1, 0.15) is 35.0 Å². The van der Waals surface area contributed by atoms with Gasteiger partial charge in [0.25, 0.3) is 6.43 Å². The smallest absolute Gasteiger partial charge is 0.340 e. The Hall–Kier alpha value is -1.76. The molecule has 0 saturated heterocycles. The van der Waals surface area contributed by atoms with Crippen molar-refractivity contribution in [2.75, 3.05) is 12.3 Å². The minimum Gasteiger partial charge on any atom is -0.462 e. The molecule has 0 aliphatic rings. The Labute approximate surface area is 96.8 Å². The molecule has 0 amide bonds. The molecule has 1 rings (SSSR count). The maximum atomic E-state index is 12.8. The van der Waals surface area contributed by atoms with E-state index in [2.05, 4.69) is 9.72 Å². The summed E-state index contributed by atoms with van der Waals surface area (Å²) in [7, 11) is 0. The Balaban J connectivity index is 3.31. The number of nitrogens with two attached hydrogens (primary N) is 2. The van der Waals surface area contributed by atoms with Crippen molar-refractivity contribution in [2.24, 2.45) is 5.73 Å². The SMILES string of the molecule is CCOC(=O)c1cnc(CN)c(N)c1C(F)F. The monoisotopic (exact) mass is 245 g/mol. The minimum absolute atomic E-state index is 0.0747. The van der Waals surface area contributed by atoms with E-state index in [0.717, 1.165) is 6.20 Å². The van der Waals surface area contributed by atoms with E-state index in [1.807, 2.05) is 0 Å². The molecule has 1 heterocycles. The predicted octanol–water partition coefficient (Wildman–Crippen LogP) is 1.24. The summed E-state index contributed by atoms with van der Waals surface area (Å²) in [4.78, 5) is 15.2. The first-order valence-electron chi connectivity index (χ1n) is 4.95. The third kappa shape index (κ3) is 2.68. The van der Waals surface area contributed by atoms with Crippen molar-refractivity contribution in [2.45, 2.75) is 19.9 Å². The number of aromatic nitrogens is 1. The van der Waals surface area contributed by atoms with E-state index >= 15 is 0 Å². The zero-order valence-electron chi connectivity index (χ0n) is 9.24. The van der Waals surface area contributed by atoms with Gasteiger partial charge in [0.2, 0.25) is 0 Å². The molecule has 1 aromatic rings. The van der Waals surface area contributed by atoms with Crippen LogP contribution in [-0.2, 0) is 11.3 Å². The fourth-order valence-electron chi connectivity index (χ4n) is 1.35. The fraction of sp³-hybridized carbons (Fsp3) is 0.400. The number of anilines is 1. The average Bonchev–Trinajstić information content (AvgIpc) is 2.28. The van der Waals surface area contributed by atoms with Crippen LogP contribution in [0.2, 0.25) is 0 Å². The third-order valence-electron chi connectivity index (χ3n) is 2.15. The average molecular weight is 245 g/mol. The van der Waals surface area contributed by atoms with Gasteiger partial charge in [-0.25, -0.2) is 13.6 Å². The van der Waals surface area contributed by atoms with Gasteiger partial charge in [0.15, 0.2) is 0 Å². The molecule has 0 aliphatic carbocycles. The molecule has 5 nitrogen and oxygen atoms in total. The molecule has 0 unspecified atom stereocenters. The van der Waals surface area contributed by atoms with E-state index < -0.39 is 18.0 Å². The summed E-state index contributed by atoms with van der Waals surface area (Å²) in [6.45, 7) is 1.58. The summed E-state index contributed by atoms with van der Waals surface area (Å²) >= 11 is 0. The van der Waals surface area contributed by atoms with Crippen molar-refractivity contribution in [1.82, 2.24) is 4.98 Å². The molecule has 0 aromatic carbocycles. The van der Waals surface area contributed by atoms with Gasteiger partial charge in [0.05, 0.1) is 29.1 Å². The Morgan fingerprint density at radius 3 is 2.71 bits per heavy atom. The Morgan fingerprint density at radius 2 is 2.24 bits per heavy atom. The number of nitrogen functional groups attached to an aromatic ring is 1. The Kier molecular flexibility index (Phi) is 4.33. The molecule has 0 saturated carbocycles. The van der Waals surface area contributed by atoms with Crippen LogP contribution in [0.4, 0.5) is 14.5 Å². The summed E-state index contributed by atoms with van der Waals surface area (Å²) in [5, 5.41) is 0. The van der Waals surface area contributed by atoms with Crippen molar-refractivity contribution in [1.29, 1.82) is 0 Å². The Morgan fingerprint density at radius 1 is 1.59 bits per heavy atom. The second-order valence-electron chi connectivity index (χ2n) is 3.17. The highest BCUT2D eigenvalue weighted by Crippen LogP contribution is 2.30. The number of carbonyl (C=O) groups excluding carboxylic acids is 1. The van der Waals surface area contributed by atoms with Crippen molar-refractivity contribution in [3.63, 3.8) is 0 Å². The quantitative estimate of drug-likeness (QED) is 0.778. The summed E-state index contributed by atoms with van der Waals surface area (Å²) < 4.78 is 30.3. The van der Waals surface area contributed by atoms with Gasteiger partial charge in [-0.1, -0.05) is 0 Å². The zero-order valence-corrected chi connectivity index (χ0v) is 9.24. The summed E-state index contributed by atoms with van der Waals surface area (Å²) in [5.41, 5.74) is 9.78. The van der Waals surface area contributed by atoms with E-state index in [4.69, 9.17) is 11.5 Å². The van der Waals surface area contributed by atoms with Gasteiger partial charge in [-0.2, -0.15) is 0 Å². The lowest BCUT2D eigenvalue weighted by Crippen LogP contribution is -2.15. The largest absolute Gasteiger partial charge is 0.462 e. The molecule has 1 aromatic heterocycles. The summed E-state index contributed by atoms with van der Waals surface area (Å²) in [6, 6.07) is 0. The van der Waals surface area contributed by atoms with Crippen LogP contribution < -0.4 is 11.5 Å². The summed E-state index contributed by atoms with van der Waals surface area (Å²) in [5.74, 6) is -0.870. The molecular formula is C10H13F2N3O2. The number of alkyl halides is 2. The maximum absolute atomic E-state index is 12.8. The van der Waals surface area contributed by atoms with Crippen molar-refractivity contribution in [3.05, 3.63) is 23.0 Å². The molecule has 4 N–H and O–H groups in total. The van der Waals surface area contributed by atoms with Crippen LogP contribution in [0, 0.1) is 0 Å². The lowest BCUT2D eigenvalue weighted by molar-refractivity contribution is 0.0515. The number of ether oxygens (including phenoxy) is 1. The van der Waals surface area contributed by atoms with Crippen molar-refractivity contribution in [3.8, 4) is 0 Å². The second-order valence-corrected chi connectivity index (χ2v) is 3.17. The van der Waals surface area contributed by atoms with Crippen molar-refractivity contribution < 1.29 is 18.3 Å². The summed E-state index contributed by atoms with van der Waals surface area (Å²) in [6.07, 6.45) is -1.87. The molecule has 0 radical (unpaired) electrons. The first kappa shape index (κ1) is 13.3. The fourth-order valence-corrected chi connectivity index (χ4v) is 1.35. The van der Waals surface area contributed by atoms with E-state index in [1.54, 1.807) is 6.92 Å². The van der Waals surface area contributed by atoms with Gasteiger partial charge < -0.3 is 16.2 Å². The van der Waals surface area contributed by atoms with E-state index in [1.165, 1.54) is 0 Å². The highest BCUT2D eigenvalue weighted by Gasteiger charge is 2.24. The van der Waals surface area contributed by atoms with Crippen LogP contribution in [0.25, 0.3) is 0 Å². The normalized spacial score (nSPS) is 10.6. The van der Waals surface area contributed by atoms with Crippen molar-refractivity contribution >= 4 is 11.7 Å². The number of esters is 1. The molecule has 0 atom stereocenters. The number of pyridine rings is 1. The van der Waals surface area contributed by atoms with E-state index in [9.17, 15) is 13.6 Å². The van der Waals surface area contributed by atoms with Crippen LogP contribution in [-0.4, -0.2) is 17.6 Å². The third-order valence-corrected chi connectivity index (χ3v) is 2.15. The van der Waals surface area contributed by atoms with Gasteiger partial charge in [-0.3, -0.25) is 4.98 Å². The lowest BCUT2D eigenvalue weighted by Gasteiger charge is -2.12. The number of hydrogen-bond donors (Lipinski definition) is 2. The lowest BCUT2D eigenvalue weighted by atomic mass is 10.1. The van der Waals surface area contributed by atoms with Crippen LogP contribution in [0.5, 0.6) is 0 Å². The number of nitrogens with zero attached hydrogens (tertiary/aromatic N) is 1. The first-order valence-corrected chi connectivity index (χ1v) is 4.95. The standard InChI is InChI=1S/C10H13F2N3O2/c1-2-17-10(16)5-4-15-6(3-13)8(14)7(5)9(11)12/h4,9H,2-3,13-14H2,1H3.